The summed E-state index contributed by atoms with van der Waals surface area (Å²) < 4.78 is 24.3. The normalized spacial score (nSPS) is 10.2. The SMILES string of the molecule is CCOc1nc(Oc2cccc(F)c2C(N)=O)ccc1N. The molecule has 7 heteroatoms. The summed E-state index contributed by atoms with van der Waals surface area (Å²) in [7, 11) is 0. The fourth-order valence-electron chi connectivity index (χ4n) is 1.68. The molecule has 0 spiro atoms. The van der Waals surface area contributed by atoms with Crippen molar-refractivity contribution in [1.82, 2.24) is 4.98 Å². The van der Waals surface area contributed by atoms with Crippen molar-refractivity contribution in [2.75, 3.05) is 12.3 Å². The Hall–Kier alpha value is -2.83. The number of anilines is 1. The Morgan fingerprint density at radius 3 is 2.76 bits per heavy atom. The van der Waals surface area contributed by atoms with Gasteiger partial charge in [-0.1, -0.05) is 6.07 Å². The van der Waals surface area contributed by atoms with Crippen molar-refractivity contribution in [2.45, 2.75) is 6.92 Å². The Balaban J connectivity index is 2.37. The highest BCUT2D eigenvalue weighted by molar-refractivity contribution is 5.96. The molecule has 0 atom stereocenters. The third kappa shape index (κ3) is 3.19. The summed E-state index contributed by atoms with van der Waals surface area (Å²) in [5.41, 5.74) is 10.8. The molecule has 110 valence electrons. The summed E-state index contributed by atoms with van der Waals surface area (Å²) in [6.07, 6.45) is 0. The van der Waals surface area contributed by atoms with Gasteiger partial charge in [0.1, 0.15) is 17.1 Å². The molecule has 4 N–H and O–H groups in total. The van der Waals surface area contributed by atoms with E-state index in [4.69, 9.17) is 20.9 Å². The zero-order valence-electron chi connectivity index (χ0n) is 11.3. The van der Waals surface area contributed by atoms with Crippen LogP contribution >= 0.6 is 0 Å². The molecule has 0 aliphatic carbocycles. The lowest BCUT2D eigenvalue weighted by molar-refractivity contribution is 0.0994. The molecule has 1 heterocycles. The van der Waals surface area contributed by atoms with Crippen LogP contribution in [0.2, 0.25) is 0 Å². The van der Waals surface area contributed by atoms with Gasteiger partial charge in [-0.05, 0) is 25.1 Å². The van der Waals surface area contributed by atoms with Crippen LogP contribution in [0.4, 0.5) is 10.1 Å². The number of benzene rings is 1. The number of hydrogen-bond acceptors (Lipinski definition) is 5. The predicted molar refractivity (Wildman–Crippen MR) is 74.8 cm³/mol. The molecule has 1 aromatic carbocycles. The van der Waals surface area contributed by atoms with Crippen LogP contribution in [0.3, 0.4) is 0 Å². The molecule has 0 radical (unpaired) electrons. The van der Waals surface area contributed by atoms with E-state index in [0.29, 0.717) is 12.3 Å². The van der Waals surface area contributed by atoms with E-state index < -0.39 is 11.7 Å². The highest BCUT2D eigenvalue weighted by Gasteiger charge is 2.16. The Morgan fingerprint density at radius 1 is 1.33 bits per heavy atom. The van der Waals surface area contributed by atoms with Crippen LogP contribution in [-0.4, -0.2) is 17.5 Å². The molecule has 21 heavy (non-hydrogen) atoms. The minimum Gasteiger partial charge on any atom is -0.476 e. The summed E-state index contributed by atoms with van der Waals surface area (Å²) in [6, 6.07) is 6.96. The van der Waals surface area contributed by atoms with E-state index in [0.717, 1.165) is 6.07 Å². The van der Waals surface area contributed by atoms with Gasteiger partial charge in [0.2, 0.25) is 11.8 Å². The summed E-state index contributed by atoms with van der Waals surface area (Å²) in [5.74, 6) is -1.40. The molecule has 2 aromatic rings. The molecule has 0 aliphatic heterocycles. The van der Waals surface area contributed by atoms with Crippen molar-refractivity contribution >= 4 is 11.6 Å². The topological polar surface area (TPSA) is 100 Å². The largest absolute Gasteiger partial charge is 0.476 e. The second-order valence-electron chi connectivity index (χ2n) is 4.06. The Labute approximate surface area is 120 Å². The number of primary amides is 1. The second-order valence-corrected chi connectivity index (χ2v) is 4.06. The Kier molecular flexibility index (Phi) is 4.22. The molecule has 0 saturated heterocycles. The number of ether oxygens (including phenoxy) is 2. The van der Waals surface area contributed by atoms with E-state index in [-0.39, 0.29) is 23.1 Å². The third-order valence-electron chi connectivity index (χ3n) is 2.58. The quantitative estimate of drug-likeness (QED) is 0.878. The van der Waals surface area contributed by atoms with Crippen molar-refractivity contribution in [1.29, 1.82) is 0 Å². The van der Waals surface area contributed by atoms with Gasteiger partial charge in [-0.15, -0.1) is 0 Å². The molecule has 0 bridgehead atoms. The lowest BCUT2D eigenvalue weighted by atomic mass is 10.2. The van der Waals surface area contributed by atoms with Crippen LogP contribution in [0.5, 0.6) is 17.5 Å². The molecule has 0 unspecified atom stereocenters. The molecule has 0 fully saturated rings. The fourth-order valence-corrected chi connectivity index (χ4v) is 1.68. The number of nitrogens with two attached hydrogens (primary N) is 2. The molecular weight excluding hydrogens is 277 g/mol. The predicted octanol–water partition coefficient (Wildman–Crippen LogP) is 2.09. The number of amides is 1. The first-order valence-electron chi connectivity index (χ1n) is 6.18. The minimum absolute atomic E-state index is 0.0257. The summed E-state index contributed by atoms with van der Waals surface area (Å²) in [5, 5.41) is 0. The standard InChI is InChI=1S/C14H14FN3O3/c1-2-20-14-9(16)6-7-11(18-14)21-10-5-3-4-8(15)12(10)13(17)19/h3-7H,2,16H2,1H3,(H2,17,19). The number of aromatic nitrogens is 1. The number of carbonyl (C=O) groups excluding carboxylic acids is 1. The molecule has 6 nitrogen and oxygen atoms in total. The van der Waals surface area contributed by atoms with Crippen LogP contribution in [0.1, 0.15) is 17.3 Å². The van der Waals surface area contributed by atoms with E-state index in [9.17, 15) is 9.18 Å². The van der Waals surface area contributed by atoms with Gasteiger partial charge in [0, 0.05) is 6.07 Å². The Morgan fingerprint density at radius 2 is 2.10 bits per heavy atom. The van der Waals surface area contributed by atoms with Crippen molar-refractivity contribution in [2.24, 2.45) is 5.73 Å². The zero-order valence-corrected chi connectivity index (χ0v) is 11.3. The first kappa shape index (κ1) is 14.6. The maximum Gasteiger partial charge on any atom is 0.255 e. The monoisotopic (exact) mass is 291 g/mol. The average Bonchev–Trinajstić information content (AvgIpc) is 2.42. The number of nitrogens with zero attached hydrogens (tertiary/aromatic N) is 1. The minimum atomic E-state index is -0.927. The average molecular weight is 291 g/mol. The second kappa shape index (κ2) is 6.08. The smallest absolute Gasteiger partial charge is 0.255 e. The zero-order chi connectivity index (χ0) is 15.4. The maximum absolute atomic E-state index is 13.6. The number of pyridine rings is 1. The van der Waals surface area contributed by atoms with E-state index in [1.54, 1.807) is 6.92 Å². The number of carbonyl (C=O) groups is 1. The molecule has 0 saturated carbocycles. The van der Waals surface area contributed by atoms with E-state index >= 15 is 0 Å². The van der Waals surface area contributed by atoms with Crippen LogP contribution in [0.15, 0.2) is 30.3 Å². The summed E-state index contributed by atoms with van der Waals surface area (Å²) in [6.45, 7) is 2.17. The van der Waals surface area contributed by atoms with Crippen LogP contribution in [-0.2, 0) is 0 Å². The van der Waals surface area contributed by atoms with Crippen LogP contribution in [0.25, 0.3) is 0 Å². The first-order valence-corrected chi connectivity index (χ1v) is 6.18. The number of hydrogen-bond donors (Lipinski definition) is 2. The molecule has 1 amide bonds. The van der Waals surface area contributed by atoms with Crippen molar-refractivity contribution in [3.05, 3.63) is 41.7 Å². The highest BCUT2D eigenvalue weighted by Crippen LogP contribution is 2.29. The van der Waals surface area contributed by atoms with Gasteiger partial charge in [-0.2, -0.15) is 4.98 Å². The lowest BCUT2D eigenvalue weighted by Gasteiger charge is -2.11. The maximum atomic E-state index is 13.6. The van der Waals surface area contributed by atoms with E-state index in [1.807, 2.05) is 0 Å². The lowest BCUT2D eigenvalue weighted by Crippen LogP contribution is -2.14. The van der Waals surface area contributed by atoms with Crippen LogP contribution < -0.4 is 20.9 Å². The number of nitrogen functional groups attached to an aromatic ring is 1. The van der Waals surface area contributed by atoms with Gasteiger partial charge in [-0.25, -0.2) is 4.39 Å². The van der Waals surface area contributed by atoms with Crippen LogP contribution in [0, 0.1) is 5.82 Å². The number of halogens is 1. The molecule has 1 aromatic heterocycles. The molecule has 2 rings (SSSR count). The fraction of sp³-hybridized carbons (Fsp3) is 0.143. The van der Waals surface area contributed by atoms with E-state index in [1.165, 1.54) is 24.3 Å². The highest BCUT2D eigenvalue weighted by atomic mass is 19.1. The van der Waals surface area contributed by atoms with Gasteiger partial charge in [0.25, 0.3) is 5.91 Å². The summed E-state index contributed by atoms with van der Waals surface area (Å²) in [4.78, 5) is 15.3. The number of rotatable bonds is 5. The molecular formula is C14H14FN3O3. The first-order chi connectivity index (χ1) is 10.0. The van der Waals surface area contributed by atoms with Gasteiger partial charge in [0.05, 0.1) is 12.3 Å². The van der Waals surface area contributed by atoms with Gasteiger partial charge in [0.15, 0.2) is 0 Å². The van der Waals surface area contributed by atoms with Gasteiger partial charge >= 0.3 is 0 Å². The van der Waals surface area contributed by atoms with Gasteiger partial charge < -0.3 is 20.9 Å². The molecule has 0 aliphatic rings. The van der Waals surface area contributed by atoms with Crippen molar-refractivity contribution in [3.8, 4) is 17.5 Å². The van der Waals surface area contributed by atoms with Gasteiger partial charge in [-0.3, -0.25) is 4.79 Å². The van der Waals surface area contributed by atoms with Crippen molar-refractivity contribution < 1.29 is 18.7 Å². The third-order valence-corrected chi connectivity index (χ3v) is 2.58. The van der Waals surface area contributed by atoms with Crippen molar-refractivity contribution in [3.63, 3.8) is 0 Å². The van der Waals surface area contributed by atoms with E-state index in [2.05, 4.69) is 4.98 Å². The Bertz CT molecular complexity index is 677. The summed E-state index contributed by atoms with van der Waals surface area (Å²) >= 11 is 0.